The fraction of sp³-hybridized carbons (Fsp3) is 0.385. The van der Waals surface area contributed by atoms with Gasteiger partial charge in [0.25, 0.3) is 0 Å². The topological polar surface area (TPSA) is 41.8 Å². The summed E-state index contributed by atoms with van der Waals surface area (Å²) in [6.45, 7) is 2.12. The number of fused-ring (bicyclic) bond motifs is 1. The summed E-state index contributed by atoms with van der Waals surface area (Å²) < 4.78 is 0. The average molecular weight is 200 g/mol. The van der Waals surface area contributed by atoms with Gasteiger partial charge in [0.2, 0.25) is 0 Å². The van der Waals surface area contributed by atoms with Crippen LogP contribution < -0.4 is 5.73 Å². The van der Waals surface area contributed by atoms with E-state index in [0.717, 1.165) is 0 Å². The third-order valence-electron chi connectivity index (χ3n) is 3.36. The first kappa shape index (κ1) is 8.98. The minimum absolute atomic E-state index is 0.223. The Morgan fingerprint density at radius 3 is 2.93 bits per heavy atom. The van der Waals surface area contributed by atoms with Crippen LogP contribution in [0.15, 0.2) is 24.4 Å². The molecular formula is C13H16N2. The summed E-state index contributed by atoms with van der Waals surface area (Å²) in [7, 11) is 0. The third kappa shape index (κ3) is 1.45. The van der Waals surface area contributed by atoms with Crippen molar-refractivity contribution in [2.75, 3.05) is 0 Å². The highest BCUT2D eigenvalue weighted by atomic mass is 14.7. The molecule has 1 aromatic heterocycles. The van der Waals surface area contributed by atoms with Crippen molar-refractivity contribution in [3.8, 4) is 0 Å². The van der Waals surface area contributed by atoms with Crippen molar-refractivity contribution in [3.63, 3.8) is 0 Å². The Morgan fingerprint density at radius 1 is 1.40 bits per heavy atom. The van der Waals surface area contributed by atoms with Crippen LogP contribution in [0, 0.1) is 12.8 Å². The zero-order chi connectivity index (χ0) is 10.4. The summed E-state index contributed by atoms with van der Waals surface area (Å²) >= 11 is 0. The molecule has 0 amide bonds. The van der Waals surface area contributed by atoms with Crippen molar-refractivity contribution in [1.29, 1.82) is 0 Å². The van der Waals surface area contributed by atoms with E-state index in [2.05, 4.69) is 36.3 Å². The summed E-state index contributed by atoms with van der Waals surface area (Å²) in [5.74, 6) is 0.713. The molecule has 3 rings (SSSR count). The molecule has 1 fully saturated rings. The van der Waals surface area contributed by atoms with Crippen LogP contribution in [-0.2, 0) is 0 Å². The van der Waals surface area contributed by atoms with Gasteiger partial charge in [0.15, 0.2) is 0 Å². The van der Waals surface area contributed by atoms with Gasteiger partial charge < -0.3 is 10.7 Å². The number of benzene rings is 1. The van der Waals surface area contributed by atoms with Crippen molar-refractivity contribution in [2.45, 2.75) is 25.8 Å². The summed E-state index contributed by atoms with van der Waals surface area (Å²) in [6, 6.07) is 6.71. The van der Waals surface area contributed by atoms with Crippen molar-refractivity contribution in [2.24, 2.45) is 11.7 Å². The molecule has 1 aliphatic rings. The van der Waals surface area contributed by atoms with E-state index >= 15 is 0 Å². The molecule has 0 saturated heterocycles. The lowest BCUT2D eigenvalue weighted by molar-refractivity contribution is 0.638. The molecule has 2 aromatic rings. The van der Waals surface area contributed by atoms with E-state index in [4.69, 9.17) is 5.73 Å². The normalized spacial score (nSPS) is 18.3. The number of nitrogens with one attached hydrogen (secondary N) is 1. The molecule has 1 unspecified atom stereocenters. The Hall–Kier alpha value is -1.28. The van der Waals surface area contributed by atoms with E-state index < -0.39 is 0 Å². The molecule has 1 aromatic carbocycles. The Bertz CT molecular complexity index is 494. The highest BCUT2D eigenvalue weighted by molar-refractivity contribution is 5.84. The molecule has 3 N–H and O–H groups in total. The summed E-state index contributed by atoms with van der Waals surface area (Å²) in [5, 5.41) is 1.30. The largest absolute Gasteiger partial charge is 0.361 e. The average Bonchev–Trinajstić information content (AvgIpc) is 2.98. The quantitative estimate of drug-likeness (QED) is 0.769. The van der Waals surface area contributed by atoms with Crippen molar-refractivity contribution in [1.82, 2.24) is 4.98 Å². The van der Waals surface area contributed by atoms with Crippen LogP contribution in [-0.4, -0.2) is 4.98 Å². The maximum atomic E-state index is 6.24. The molecule has 1 saturated carbocycles. The van der Waals surface area contributed by atoms with Gasteiger partial charge in [-0.15, -0.1) is 0 Å². The van der Waals surface area contributed by atoms with Gasteiger partial charge in [-0.25, -0.2) is 0 Å². The Labute approximate surface area is 89.5 Å². The number of H-pyrrole nitrogens is 1. The van der Waals surface area contributed by atoms with Crippen LogP contribution in [0.4, 0.5) is 0 Å². The zero-order valence-corrected chi connectivity index (χ0v) is 8.96. The number of rotatable bonds is 2. The standard InChI is InChI=1S/C13H16N2/c1-8-2-5-12-10(6-8)11(7-15-12)13(14)9-3-4-9/h2,5-7,9,13,15H,3-4,14H2,1H3. The van der Waals surface area contributed by atoms with Gasteiger partial charge in [-0.1, -0.05) is 11.6 Å². The molecule has 78 valence electrons. The van der Waals surface area contributed by atoms with E-state index in [-0.39, 0.29) is 6.04 Å². The van der Waals surface area contributed by atoms with Gasteiger partial charge in [-0.3, -0.25) is 0 Å². The lowest BCUT2D eigenvalue weighted by Crippen LogP contribution is -2.11. The van der Waals surface area contributed by atoms with Gasteiger partial charge in [0.1, 0.15) is 0 Å². The Kier molecular flexibility index (Phi) is 1.86. The van der Waals surface area contributed by atoms with E-state index in [1.165, 1.54) is 34.9 Å². The maximum Gasteiger partial charge on any atom is 0.0457 e. The molecule has 0 bridgehead atoms. The van der Waals surface area contributed by atoms with Gasteiger partial charge in [-0.05, 0) is 43.4 Å². The molecule has 15 heavy (non-hydrogen) atoms. The summed E-state index contributed by atoms with van der Waals surface area (Å²) in [5.41, 5.74) is 10.0. The van der Waals surface area contributed by atoms with Crippen molar-refractivity contribution < 1.29 is 0 Å². The van der Waals surface area contributed by atoms with E-state index in [0.29, 0.717) is 5.92 Å². The fourth-order valence-corrected chi connectivity index (χ4v) is 2.24. The SMILES string of the molecule is Cc1ccc2[nH]cc(C(N)C3CC3)c2c1. The maximum absolute atomic E-state index is 6.24. The molecule has 1 atom stereocenters. The monoisotopic (exact) mass is 200 g/mol. The van der Waals surface area contributed by atoms with Crippen LogP contribution in [0.25, 0.3) is 10.9 Å². The molecule has 0 spiro atoms. The first-order chi connectivity index (χ1) is 7.25. The molecule has 2 nitrogen and oxygen atoms in total. The fourth-order valence-electron chi connectivity index (χ4n) is 2.24. The van der Waals surface area contributed by atoms with Crippen LogP contribution in [0.1, 0.15) is 30.0 Å². The highest BCUT2D eigenvalue weighted by Gasteiger charge is 2.30. The van der Waals surface area contributed by atoms with Crippen molar-refractivity contribution >= 4 is 10.9 Å². The third-order valence-corrected chi connectivity index (χ3v) is 3.36. The van der Waals surface area contributed by atoms with E-state index in [1.807, 2.05) is 0 Å². The second kappa shape index (κ2) is 3.11. The predicted octanol–water partition coefficient (Wildman–Crippen LogP) is 2.89. The number of aryl methyl sites for hydroxylation is 1. The van der Waals surface area contributed by atoms with Gasteiger partial charge in [0.05, 0.1) is 0 Å². The van der Waals surface area contributed by atoms with Gasteiger partial charge >= 0.3 is 0 Å². The van der Waals surface area contributed by atoms with Crippen LogP contribution in [0.2, 0.25) is 0 Å². The first-order valence-corrected chi connectivity index (χ1v) is 5.59. The van der Waals surface area contributed by atoms with Crippen LogP contribution in [0.5, 0.6) is 0 Å². The summed E-state index contributed by atoms with van der Waals surface area (Å²) in [4.78, 5) is 3.30. The summed E-state index contributed by atoms with van der Waals surface area (Å²) in [6.07, 6.45) is 4.66. The first-order valence-electron chi connectivity index (χ1n) is 5.59. The second-order valence-electron chi connectivity index (χ2n) is 4.66. The van der Waals surface area contributed by atoms with Crippen LogP contribution >= 0.6 is 0 Å². The number of nitrogens with two attached hydrogens (primary N) is 1. The zero-order valence-electron chi connectivity index (χ0n) is 8.96. The number of hydrogen-bond donors (Lipinski definition) is 2. The molecule has 2 heteroatoms. The van der Waals surface area contributed by atoms with E-state index in [1.54, 1.807) is 0 Å². The Morgan fingerprint density at radius 2 is 2.20 bits per heavy atom. The lowest BCUT2D eigenvalue weighted by Gasteiger charge is -2.08. The minimum atomic E-state index is 0.223. The molecule has 0 radical (unpaired) electrons. The Balaban J connectivity index is 2.13. The molecule has 1 aliphatic carbocycles. The van der Waals surface area contributed by atoms with Gasteiger partial charge in [0, 0.05) is 23.1 Å². The number of hydrogen-bond acceptors (Lipinski definition) is 1. The molecule has 0 aliphatic heterocycles. The predicted molar refractivity (Wildman–Crippen MR) is 62.7 cm³/mol. The minimum Gasteiger partial charge on any atom is -0.361 e. The smallest absolute Gasteiger partial charge is 0.0457 e. The number of aromatic amines is 1. The van der Waals surface area contributed by atoms with Gasteiger partial charge in [-0.2, -0.15) is 0 Å². The van der Waals surface area contributed by atoms with Crippen LogP contribution in [0.3, 0.4) is 0 Å². The highest BCUT2D eigenvalue weighted by Crippen LogP contribution is 2.41. The number of aromatic nitrogens is 1. The lowest BCUT2D eigenvalue weighted by atomic mass is 10.0. The van der Waals surface area contributed by atoms with Crippen molar-refractivity contribution in [3.05, 3.63) is 35.5 Å². The van der Waals surface area contributed by atoms with E-state index in [9.17, 15) is 0 Å². The second-order valence-corrected chi connectivity index (χ2v) is 4.66. The molecule has 1 heterocycles. The molecular weight excluding hydrogens is 184 g/mol.